The summed E-state index contributed by atoms with van der Waals surface area (Å²) in [5.41, 5.74) is 2.16. The van der Waals surface area contributed by atoms with Crippen LogP contribution in [0.2, 0.25) is 0 Å². The minimum atomic E-state index is -0.104. The standard InChI is InChI=1S/C12H25N3O2/c1-10(5-6-12(17)14-13)15-8-3-2-4-11(15)7-9-16/h10-11,16H,2-9,13H2,1H3,(H,14,17). The van der Waals surface area contributed by atoms with Gasteiger partial charge in [-0.2, -0.15) is 0 Å². The van der Waals surface area contributed by atoms with E-state index in [4.69, 9.17) is 10.9 Å². The van der Waals surface area contributed by atoms with Gasteiger partial charge in [0.1, 0.15) is 0 Å². The van der Waals surface area contributed by atoms with Gasteiger partial charge in [-0.1, -0.05) is 6.42 Å². The number of nitrogens with zero attached hydrogens (tertiary/aromatic N) is 1. The lowest BCUT2D eigenvalue weighted by atomic mass is 9.96. The van der Waals surface area contributed by atoms with E-state index in [1.807, 2.05) is 0 Å². The topological polar surface area (TPSA) is 78.6 Å². The summed E-state index contributed by atoms with van der Waals surface area (Å²) in [6.07, 6.45) is 5.76. The number of hydrazine groups is 1. The minimum absolute atomic E-state index is 0.104. The van der Waals surface area contributed by atoms with Crippen molar-refractivity contribution < 1.29 is 9.90 Å². The molecule has 1 aliphatic heterocycles. The van der Waals surface area contributed by atoms with Gasteiger partial charge in [0.15, 0.2) is 0 Å². The number of aliphatic hydroxyl groups excluding tert-OH is 1. The monoisotopic (exact) mass is 243 g/mol. The predicted molar refractivity (Wildman–Crippen MR) is 67.1 cm³/mol. The molecule has 0 aliphatic carbocycles. The van der Waals surface area contributed by atoms with Gasteiger partial charge in [-0.05, 0) is 39.2 Å². The van der Waals surface area contributed by atoms with Gasteiger partial charge in [0, 0.05) is 25.1 Å². The van der Waals surface area contributed by atoms with E-state index < -0.39 is 0 Å². The van der Waals surface area contributed by atoms with Crippen molar-refractivity contribution in [3.8, 4) is 0 Å². The number of likely N-dealkylation sites (tertiary alicyclic amines) is 1. The highest BCUT2D eigenvalue weighted by molar-refractivity contribution is 5.75. The fraction of sp³-hybridized carbons (Fsp3) is 0.917. The van der Waals surface area contributed by atoms with Crippen LogP contribution in [0.3, 0.4) is 0 Å². The fourth-order valence-corrected chi connectivity index (χ4v) is 2.64. The Hall–Kier alpha value is -0.650. The third kappa shape index (κ3) is 4.61. The normalized spacial score (nSPS) is 23.4. The zero-order valence-electron chi connectivity index (χ0n) is 10.7. The zero-order chi connectivity index (χ0) is 12.7. The molecule has 0 spiro atoms. The molecule has 5 nitrogen and oxygen atoms in total. The molecule has 0 bridgehead atoms. The quantitative estimate of drug-likeness (QED) is 0.358. The molecule has 0 radical (unpaired) electrons. The molecule has 1 fully saturated rings. The number of rotatable bonds is 6. The lowest BCUT2D eigenvalue weighted by Gasteiger charge is -2.39. The molecule has 100 valence electrons. The van der Waals surface area contributed by atoms with Gasteiger partial charge >= 0.3 is 0 Å². The smallest absolute Gasteiger partial charge is 0.233 e. The first-order valence-electron chi connectivity index (χ1n) is 6.55. The van der Waals surface area contributed by atoms with Gasteiger partial charge in [-0.15, -0.1) is 0 Å². The lowest BCUT2D eigenvalue weighted by molar-refractivity contribution is -0.121. The van der Waals surface area contributed by atoms with E-state index >= 15 is 0 Å². The highest BCUT2D eigenvalue weighted by Crippen LogP contribution is 2.23. The van der Waals surface area contributed by atoms with E-state index in [9.17, 15) is 4.79 Å². The van der Waals surface area contributed by atoms with Crippen LogP contribution in [0.1, 0.15) is 45.4 Å². The van der Waals surface area contributed by atoms with Gasteiger partial charge in [-0.25, -0.2) is 5.84 Å². The van der Waals surface area contributed by atoms with E-state index in [2.05, 4.69) is 17.2 Å². The Bertz CT molecular complexity index is 234. The summed E-state index contributed by atoms with van der Waals surface area (Å²) in [7, 11) is 0. The number of carbonyl (C=O) groups excluding carboxylic acids is 1. The third-order valence-electron chi connectivity index (χ3n) is 3.65. The summed E-state index contributed by atoms with van der Waals surface area (Å²) in [5.74, 6) is 4.96. The van der Waals surface area contributed by atoms with Crippen molar-refractivity contribution in [3.63, 3.8) is 0 Å². The van der Waals surface area contributed by atoms with Crippen LogP contribution in [0.5, 0.6) is 0 Å². The second-order valence-electron chi connectivity index (χ2n) is 4.85. The molecular weight excluding hydrogens is 218 g/mol. The molecule has 4 N–H and O–H groups in total. The van der Waals surface area contributed by atoms with Crippen LogP contribution in [-0.4, -0.2) is 41.1 Å². The molecular formula is C12H25N3O2. The zero-order valence-corrected chi connectivity index (χ0v) is 10.7. The number of carbonyl (C=O) groups is 1. The first-order valence-corrected chi connectivity index (χ1v) is 6.55. The second-order valence-corrected chi connectivity index (χ2v) is 4.85. The van der Waals surface area contributed by atoms with Crippen molar-refractivity contribution in [2.75, 3.05) is 13.2 Å². The summed E-state index contributed by atoms with van der Waals surface area (Å²) in [5, 5.41) is 9.07. The number of nitrogens with two attached hydrogens (primary N) is 1. The fourth-order valence-electron chi connectivity index (χ4n) is 2.64. The number of piperidine rings is 1. The number of hydrogen-bond donors (Lipinski definition) is 3. The molecule has 1 aliphatic rings. The Labute approximate surface area is 103 Å². The molecule has 2 unspecified atom stereocenters. The highest BCUT2D eigenvalue weighted by atomic mass is 16.3. The van der Waals surface area contributed by atoms with E-state index in [1.165, 1.54) is 12.8 Å². The highest BCUT2D eigenvalue weighted by Gasteiger charge is 2.25. The Morgan fingerprint density at radius 2 is 2.35 bits per heavy atom. The first-order chi connectivity index (χ1) is 8.19. The average molecular weight is 243 g/mol. The molecule has 5 heteroatoms. The molecule has 0 saturated carbocycles. The minimum Gasteiger partial charge on any atom is -0.396 e. The van der Waals surface area contributed by atoms with Crippen LogP contribution >= 0.6 is 0 Å². The van der Waals surface area contributed by atoms with E-state index in [-0.39, 0.29) is 12.5 Å². The van der Waals surface area contributed by atoms with Crippen LogP contribution in [-0.2, 0) is 4.79 Å². The maximum Gasteiger partial charge on any atom is 0.233 e. The molecule has 0 aromatic carbocycles. The van der Waals surface area contributed by atoms with Gasteiger partial charge in [0.25, 0.3) is 0 Å². The van der Waals surface area contributed by atoms with Gasteiger partial charge in [0.05, 0.1) is 0 Å². The van der Waals surface area contributed by atoms with Gasteiger partial charge in [0.2, 0.25) is 5.91 Å². The summed E-state index contributed by atoms with van der Waals surface area (Å²) in [6.45, 7) is 3.48. The molecule has 2 atom stereocenters. The third-order valence-corrected chi connectivity index (χ3v) is 3.65. The number of nitrogens with one attached hydrogen (secondary N) is 1. The Kier molecular flexibility index (Phi) is 6.47. The molecule has 1 amide bonds. The summed E-state index contributed by atoms with van der Waals surface area (Å²) in [4.78, 5) is 13.5. The summed E-state index contributed by atoms with van der Waals surface area (Å²) in [6, 6.07) is 0.855. The van der Waals surface area contributed by atoms with Crippen LogP contribution in [0.15, 0.2) is 0 Å². The molecule has 0 aromatic heterocycles. The van der Waals surface area contributed by atoms with Crippen LogP contribution in [0.4, 0.5) is 0 Å². The summed E-state index contributed by atoms with van der Waals surface area (Å²) < 4.78 is 0. The van der Waals surface area contributed by atoms with E-state index in [1.54, 1.807) is 0 Å². The molecule has 17 heavy (non-hydrogen) atoms. The average Bonchev–Trinajstić information content (AvgIpc) is 2.36. The maximum atomic E-state index is 11.1. The Balaban J connectivity index is 2.41. The van der Waals surface area contributed by atoms with Crippen LogP contribution in [0, 0.1) is 0 Å². The maximum absolute atomic E-state index is 11.1. The SMILES string of the molecule is CC(CCC(=O)NN)N1CCCCC1CCO. The second kappa shape index (κ2) is 7.63. The van der Waals surface area contributed by atoms with Crippen molar-refractivity contribution in [3.05, 3.63) is 0 Å². The van der Waals surface area contributed by atoms with Crippen LogP contribution in [0.25, 0.3) is 0 Å². The van der Waals surface area contributed by atoms with E-state index in [0.717, 1.165) is 25.8 Å². The Morgan fingerprint density at radius 1 is 1.59 bits per heavy atom. The van der Waals surface area contributed by atoms with Crippen molar-refractivity contribution in [2.24, 2.45) is 5.84 Å². The molecule has 1 heterocycles. The van der Waals surface area contributed by atoms with Gasteiger partial charge in [-0.3, -0.25) is 15.1 Å². The molecule has 0 aromatic rings. The van der Waals surface area contributed by atoms with Gasteiger partial charge < -0.3 is 5.11 Å². The van der Waals surface area contributed by atoms with Crippen molar-refractivity contribution in [1.29, 1.82) is 0 Å². The van der Waals surface area contributed by atoms with Crippen LogP contribution < -0.4 is 11.3 Å². The number of aliphatic hydroxyl groups is 1. The van der Waals surface area contributed by atoms with E-state index in [0.29, 0.717) is 18.5 Å². The number of hydrogen-bond acceptors (Lipinski definition) is 4. The van der Waals surface area contributed by atoms with Crippen molar-refractivity contribution in [1.82, 2.24) is 10.3 Å². The molecule has 1 rings (SSSR count). The van der Waals surface area contributed by atoms with Crippen molar-refractivity contribution >= 4 is 5.91 Å². The number of amides is 1. The predicted octanol–water partition coefficient (Wildman–Crippen LogP) is 0.382. The largest absolute Gasteiger partial charge is 0.396 e. The Morgan fingerprint density at radius 3 is 3.00 bits per heavy atom. The van der Waals surface area contributed by atoms with Crippen molar-refractivity contribution in [2.45, 2.75) is 57.5 Å². The first kappa shape index (κ1) is 14.4. The lowest BCUT2D eigenvalue weighted by Crippen LogP contribution is -2.46. The summed E-state index contributed by atoms with van der Waals surface area (Å²) >= 11 is 0. The molecule has 1 saturated heterocycles.